The maximum atomic E-state index is 13.2. The molecule has 0 radical (unpaired) electrons. The van der Waals surface area contributed by atoms with Crippen LogP contribution in [0.3, 0.4) is 0 Å². The molecule has 0 spiro atoms. The van der Waals surface area contributed by atoms with Crippen molar-refractivity contribution < 1.29 is 24.2 Å². The molecule has 1 amide bonds. The predicted molar refractivity (Wildman–Crippen MR) is 162 cm³/mol. The molecule has 1 aromatic rings. The molecule has 1 aromatic carbocycles. The molecule has 11 atom stereocenters. The van der Waals surface area contributed by atoms with Crippen LogP contribution in [0.2, 0.25) is 0 Å². The van der Waals surface area contributed by atoms with E-state index in [4.69, 9.17) is 9.47 Å². The van der Waals surface area contributed by atoms with Gasteiger partial charge in [-0.15, -0.1) is 0 Å². The molecule has 2 unspecified atom stereocenters. The quantitative estimate of drug-likeness (QED) is 0.388. The maximum absolute atomic E-state index is 13.2. The molecular formula is C35H48N2O5. The number of ether oxygens (including phenoxy) is 2. The molecule has 2 saturated carbocycles. The summed E-state index contributed by atoms with van der Waals surface area (Å²) in [6.07, 6.45) is 9.09. The molecule has 1 heterocycles. The summed E-state index contributed by atoms with van der Waals surface area (Å²) >= 11 is 0. The van der Waals surface area contributed by atoms with Crippen LogP contribution in [0.4, 0.5) is 0 Å². The summed E-state index contributed by atoms with van der Waals surface area (Å²) in [7, 11) is 4.22. The van der Waals surface area contributed by atoms with Crippen molar-refractivity contribution >= 4 is 11.9 Å². The van der Waals surface area contributed by atoms with Crippen LogP contribution < -0.4 is 5.32 Å². The van der Waals surface area contributed by atoms with Gasteiger partial charge < -0.3 is 24.8 Å². The molecule has 1 aliphatic heterocycles. The Morgan fingerprint density at radius 2 is 1.86 bits per heavy atom. The molecule has 2 N–H and O–H groups in total. The fourth-order valence-electron chi connectivity index (χ4n) is 10.1. The van der Waals surface area contributed by atoms with Crippen molar-refractivity contribution in [2.24, 2.45) is 34.0 Å². The smallest absolute Gasteiger partial charge is 0.302 e. The lowest BCUT2D eigenvalue weighted by molar-refractivity contribution is -0.150. The first-order chi connectivity index (χ1) is 19.7. The summed E-state index contributed by atoms with van der Waals surface area (Å²) in [4.78, 5) is 27.7. The van der Waals surface area contributed by atoms with E-state index in [2.05, 4.69) is 58.1 Å². The molecule has 1 saturated heterocycles. The second-order valence-corrected chi connectivity index (χ2v) is 14.9. The van der Waals surface area contributed by atoms with E-state index in [0.717, 1.165) is 19.3 Å². The molecule has 6 rings (SSSR count). The Kier molecular flexibility index (Phi) is 7.07. The number of allylic oxidation sites excluding steroid dienone is 1. The van der Waals surface area contributed by atoms with E-state index in [1.807, 2.05) is 42.5 Å². The molecule has 42 heavy (non-hydrogen) atoms. The minimum Gasteiger partial charge on any atom is -0.462 e. The fraction of sp³-hybridized carbons (Fsp3) is 0.657. The Bertz CT molecular complexity index is 1310. The van der Waals surface area contributed by atoms with Gasteiger partial charge in [0.25, 0.3) is 5.91 Å². The van der Waals surface area contributed by atoms with Gasteiger partial charge in [0, 0.05) is 42.2 Å². The highest BCUT2D eigenvalue weighted by molar-refractivity contribution is 5.94. The van der Waals surface area contributed by atoms with Gasteiger partial charge in [0.15, 0.2) is 0 Å². The number of amides is 1. The van der Waals surface area contributed by atoms with E-state index in [9.17, 15) is 14.7 Å². The third kappa shape index (κ3) is 4.25. The van der Waals surface area contributed by atoms with E-state index in [1.54, 1.807) is 0 Å². The Labute approximate surface area is 250 Å². The summed E-state index contributed by atoms with van der Waals surface area (Å²) in [5.41, 5.74) is 0.193. The first kappa shape index (κ1) is 29.6. The third-order valence-electron chi connectivity index (χ3n) is 12.5. The van der Waals surface area contributed by atoms with E-state index in [0.29, 0.717) is 18.6 Å². The standard InChI is InChI=1S/C35H48N2O5/c1-21(37(6)7)29-27(42-22(2)38)19-34(5)25-17-26-30-32(3,20-41-26)28(36-31(39)23-11-9-8-10-12-23)14-16-35(30,40)18-24(25)13-15-33(29,34)4/h8-14,16,21,25-30,40H,15,17-20H2,1-7H3,(H,36,39)/t21?,25?,26-,27-,28+,29+,30+,32+,33-,34+,35-/m1/s1. The van der Waals surface area contributed by atoms with Crippen LogP contribution in [0, 0.1) is 34.0 Å². The average molecular weight is 577 g/mol. The van der Waals surface area contributed by atoms with Crippen LogP contribution in [0.15, 0.2) is 54.1 Å². The molecule has 0 bridgehead atoms. The first-order valence-electron chi connectivity index (χ1n) is 15.7. The molecular weight excluding hydrogens is 528 g/mol. The van der Waals surface area contributed by atoms with Crippen LogP contribution in [0.1, 0.15) is 70.7 Å². The number of aliphatic hydroxyl groups is 1. The Morgan fingerprint density at radius 3 is 2.52 bits per heavy atom. The van der Waals surface area contributed by atoms with E-state index in [1.165, 1.54) is 12.5 Å². The Hall–Kier alpha value is -2.48. The van der Waals surface area contributed by atoms with Crippen molar-refractivity contribution in [3.8, 4) is 0 Å². The van der Waals surface area contributed by atoms with Gasteiger partial charge in [-0.05, 0) is 69.2 Å². The lowest BCUT2D eigenvalue weighted by Gasteiger charge is -2.54. The molecule has 4 aliphatic carbocycles. The molecule has 7 heteroatoms. The largest absolute Gasteiger partial charge is 0.462 e. The number of hydrogen-bond acceptors (Lipinski definition) is 6. The number of nitrogens with zero attached hydrogens (tertiary/aromatic N) is 1. The van der Waals surface area contributed by atoms with Crippen LogP contribution in [0.25, 0.3) is 0 Å². The van der Waals surface area contributed by atoms with Crippen LogP contribution in [0.5, 0.6) is 0 Å². The van der Waals surface area contributed by atoms with Crippen molar-refractivity contribution in [1.82, 2.24) is 10.2 Å². The van der Waals surface area contributed by atoms with Crippen LogP contribution in [-0.4, -0.2) is 72.5 Å². The monoisotopic (exact) mass is 576 g/mol. The van der Waals surface area contributed by atoms with Gasteiger partial charge >= 0.3 is 5.97 Å². The molecule has 228 valence electrons. The van der Waals surface area contributed by atoms with Crippen molar-refractivity contribution in [3.05, 3.63) is 59.7 Å². The van der Waals surface area contributed by atoms with Crippen molar-refractivity contribution in [2.75, 3.05) is 20.7 Å². The number of benzene rings is 1. The zero-order valence-electron chi connectivity index (χ0n) is 26.2. The number of esters is 1. The number of carbonyl (C=O) groups excluding carboxylic acids is 2. The second kappa shape index (κ2) is 10.0. The van der Waals surface area contributed by atoms with Gasteiger partial charge in [-0.2, -0.15) is 0 Å². The van der Waals surface area contributed by atoms with E-state index >= 15 is 0 Å². The molecule has 3 fully saturated rings. The lowest BCUT2D eigenvalue weighted by atomic mass is 9.51. The minimum atomic E-state index is -1.06. The van der Waals surface area contributed by atoms with Crippen molar-refractivity contribution in [2.45, 2.75) is 90.2 Å². The maximum Gasteiger partial charge on any atom is 0.302 e. The Balaban J connectivity index is 1.34. The summed E-state index contributed by atoms with van der Waals surface area (Å²) in [5.74, 6) is -0.113. The summed E-state index contributed by atoms with van der Waals surface area (Å²) in [5, 5.41) is 15.7. The van der Waals surface area contributed by atoms with Gasteiger partial charge in [0.05, 0.1) is 24.4 Å². The molecule has 5 aliphatic rings. The first-order valence-corrected chi connectivity index (χ1v) is 15.7. The van der Waals surface area contributed by atoms with Gasteiger partial charge in [0.2, 0.25) is 0 Å². The topological polar surface area (TPSA) is 88.1 Å². The van der Waals surface area contributed by atoms with Gasteiger partial charge in [-0.3, -0.25) is 9.59 Å². The average Bonchev–Trinajstić information content (AvgIpc) is 3.33. The van der Waals surface area contributed by atoms with Crippen molar-refractivity contribution in [1.29, 1.82) is 0 Å². The number of rotatable bonds is 5. The zero-order chi connectivity index (χ0) is 30.2. The summed E-state index contributed by atoms with van der Waals surface area (Å²) < 4.78 is 12.7. The van der Waals surface area contributed by atoms with Gasteiger partial charge in [-0.25, -0.2) is 0 Å². The van der Waals surface area contributed by atoms with E-state index in [-0.39, 0.29) is 64.8 Å². The lowest BCUT2D eigenvalue weighted by Crippen LogP contribution is -2.59. The second-order valence-electron chi connectivity index (χ2n) is 14.9. The highest BCUT2D eigenvalue weighted by Crippen LogP contribution is 2.70. The SMILES string of the molecule is CC(=O)O[C@@H]1C[C@@]2(C)C3C[C@H]4OC[C@@]5(C)[C@@H](NC(=O)c6ccccc6)C=C[C@@](O)(CC3=CC[C@]2(C)[C@H]1C(C)N(C)C)[C@@H]45. The number of fused-ring (bicyclic) bond motifs is 3. The minimum absolute atomic E-state index is 0.0902. The normalized spacial score (nSPS) is 44.4. The number of hydrogen-bond donors (Lipinski definition) is 2. The van der Waals surface area contributed by atoms with E-state index < -0.39 is 11.0 Å². The summed E-state index contributed by atoms with van der Waals surface area (Å²) in [6, 6.07) is 9.27. The number of nitrogens with one attached hydrogen (secondary N) is 1. The van der Waals surface area contributed by atoms with Crippen molar-refractivity contribution in [3.63, 3.8) is 0 Å². The molecule has 7 nitrogen and oxygen atoms in total. The highest BCUT2D eigenvalue weighted by atomic mass is 16.5. The summed E-state index contributed by atoms with van der Waals surface area (Å²) in [6.45, 7) is 11.2. The zero-order valence-corrected chi connectivity index (χ0v) is 26.2. The van der Waals surface area contributed by atoms with Gasteiger partial charge in [0.1, 0.15) is 6.10 Å². The predicted octanol–water partition coefficient (Wildman–Crippen LogP) is 4.76. The molecule has 0 aromatic heterocycles. The fourth-order valence-corrected chi connectivity index (χ4v) is 10.1. The Morgan fingerprint density at radius 1 is 1.14 bits per heavy atom. The highest BCUT2D eigenvalue weighted by Gasteiger charge is 2.69. The van der Waals surface area contributed by atoms with Crippen LogP contribution in [-0.2, 0) is 14.3 Å². The third-order valence-corrected chi connectivity index (χ3v) is 12.5. The van der Waals surface area contributed by atoms with Gasteiger partial charge in [-0.1, -0.05) is 62.8 Å². The van der Waals surface area contributed by atoms with Crippen LogP contribution >= 0.6 is 0 Å². The number of carbonyl (C=O) groups is 2.